The molecule has 1 N–H and O–H groups in total. The van der Waals surface area contributed by atoms with E-state index in [0.29, 0.717) is 13.1 Å². The van der Waals surface area contributed by atoms with Gasteiger partial charge >= 0.3 is 5.97 Å². The minimum Gasteiger partial charge on any atom is -0.481 e. The summed E-state index contributed by atoms with van der Waals surface area (Å²) in [4.78, 5) is 26.3. The first kappa shape index (κ1) is 13.5. The second-order valence-corrected chi connectivity index (χ2v) is 6.55. The lowest BCUT2D eigenvalue weighted by Gasteiger charge is -2.30. The summed E-state index contributed by atoms with van der Waals surface area (Å²) in [5, 5.41) is 9.65. The van der Waals surface area contributed by atoms with Gasteiger partial charge in [-0.2, -0.15) is 0 Å². The molecule has 2 fully saturated rings. The number of carboxylic acid groups (broad SMARTS) is 1. The minimum absolute atomic E-state index is 0.124. The van der Waals surface area contributed by atoms with Crippen molar-refractivity contribution in [3.63, 3.8) is 0 Å². The second-order valence-electron chi connectivity index (χ2n) is 6.55. The third-order valence-electron chi connectivity index (χ3n) is 5.25. The monoisotopic (exact) mass is 299 g/mol. The van der Waals surface area contributed by atoms with Gasteiger partial charge in [-0.05, 0) is 12.5 Å². The molecule has 4 rings (SSSR count). The van der Waals surface area contributed by atoms with Crippen LogP contribution >= 0.6 is 0 Å². The second kappa shape index (κ2) is 4.20. The van der Waals surface area contributed by atoms with Crippen LogP contribution in [0.3, 0.4) is 0 Å². The van der Waals surface area contributed by atoms with Crippen LogP contribution in [0.2, 0.25) is 0 Å². The summed E-state index contributed by atoms with van der Waals surface area (Å²) < 4.78 is 5.94. The van der Waals surface area contributed by atoms with E-state index >= 15 is 0 Å². The van der Waals surface area contributed by atoms with Gasteiger partial charge in [-0.25, -0.2) is 0 Å². The molecule has 0 radical (unpaired) electrons. The number of ether oxygens (including phenoxy) is 1. The molecule has 5 heteroatoms. The van der Waals surface area contributed by atoms with Crippen molar-refractivity contribution < 1.29 is 19.4 Å². The Morgan fingerprint density at radius 3 is 2.82 bits per heavy atom. The topological polar surface area (TPSA) is 66.8 Å². The number of aliphatic carboxylic acids is 1. The zero-order chi connectivity index (χ0) is 15.5. The van der Waals surface area contributed by atoms with E-state index in [2.05, 4.69) is 0 Å². The summed E-state index contributed by atoms with van der Waals surface area (Å²) in [5.74, 6) is -1.74. The van der Waals surface area contributed by atoms with Crippen molar-refractivity contribution in [2.45, 2.75) is 25.2 Å². The Balaban J connectivity index is 1.68. The number of carbonyl (C=O) groups is 2. The van der Waals surface area contributed by atoms with Crippen molar-refractivity contribution >= 4 is 11.9 Å². The maximum atomic E-state index is 12.8. The summed E-state index contributed by atoms with van der Waals surface area (Å²) in [5.41, 5.74) is -0.927. The molecule has 2 saturated heterocycles. The number of likely N-dealkylation sites (tertiary alicyclic amines) is 1. The van der Waals surface area contributed by atoms with Gasteiger partial charge in [0, 0.05) is 6.54 Å². The fourth-order valence-corrected chi connectivity index (χ4v) is 4.11. The minimum atomic E-state index is -1.18. The Morgan fingerprint density at radius 1 is 1.41 bits per heavy atom. The van der Waals surface area contributed by atoms with Crippen LogP contribution in [0.25, 0.3) is 0 Å². The average Bonchev–Trinajstić information content (AvgIpc) is 3.10. The van der Waals surface area contributed by atoms with Crippen LogP contribution in [0.5, 0.6) is 0 Å². The lowest BCUT2D eigenvalue weighted by atomic mass is 9.66. The molecule has 0 saturated carbocycles. The summed E-state index contributed by atoms with van der Waals surface area (Å²) >= 11 is 0. The van der Waals surface area contributed by atoms with Gasteiger partial charge in [0.05, 0.1) is 18.6 Å². The van der Waals surface area contributed by atoms with Crippen LogP contribution in [0.4, 0.5) is 0 Å². The fraction of sp³-hybridized carbons (Fsp3) is 0.412. The van der Waals surface area contributed by atoms with E-state index in [9.17, 15) is 14.7 Å². The predicted molar refractivity (Wildman–Crippen MR) is 77.8 cm³/mol. The number of amides is 1. The van der Waals surface area contributed by atoms with Gasteiger partial charge in [-0.1, -0.05) is 42.5 Å². The van der Waals surface area contributed by atoms with E-state index in [-0.39, 0.29) is 5.91 Å². The lowest BCUT2D eigenvalue weighted by molar-refractivity contribution is -0.156. The maximum Gasteiger partial charge on any atom is 0.313 e. The quantitative estimate of drug-likeness (QED) is 0.858. The number of rotatable bonds is 3. The average molecular weight is 299 g/mol. The van der Waals surface area contributed by atoms with E-state index in [1.165, 1.54) is 0 Å². The first-order valence-electron chi connectivity index (χ1n) is 7.41. The highest BCUT2D eigenvalue weighted by molar-refractivity contribution is 5.93. The van der Waals surface area contributed by atoms with Gasteiger partial charge in [0.1, 0.15) is 11.0 Å². The third kappa shape index (κ3) is 1.52. The standard InChI is InChI=1S/C17H17NO4/c1-16(15(20)21)12-7-8-17(22-12)10-18(14(19)13(16)17)9-11-5-3-2-4-6-11/h2-8,12-13H,9-10H2,1H3,(H,20,21). The molecule has 0 aliphatic carbocycles. The van der Waals surface area contributed by atoms with E-state index in [1.54, 1.807) is 17.9 Å². The Bertz CT molecular complexity index is 685. The molecule has 22 heavy (non-hydrogen) atoms. The van der Waals surface area contributed by atoms with Crippen molar-refractivity contribution in [2.24, 2.45) is 11.3 Å². The van der Waals surface area contributed by atoms with Crippen molar-refractivity contribution in [1.29, 1.82) is 0 Å². The molecule has 0 aromatic heterocycles. The molecule has 114 valence electrons. The zero-order valence-electron chi connectivity index (χ0n) is 12.2. The van der Waals surface area contributed by atoms with E-state index < -0.39 is 29.0 Å². The first-order valence-corrected chi connectivity index (χ1v) is 7.41. The highest BCUT2D eigenvalue weighted by atomic mass is 16.5. The molecular formula is C17H17NO4. The smallest absolute Gasteiger partial charge is 0.313 e. The molecule has 1 aromatic rings. The summed E-state index contributed by atoms with van der Waals surface area (Å²) in [6, 6.07) is 9.71. The van der Waals surface area contributed by atoms with Crippen molar-refractivity contribution in [2.75, 3.05) is 6.54 Å². The molecule has 1 amide bonds. The van der Waals surface area contributed by atoms with Crippen LogP contribution in [0.1, 0.15) is 12.5 Å². The van der Waals surface area contributed by atoms with Gasteiger partial charge in [0.25, 0.3) is 0 Å². The molecule has 4 unspecified atom stereocenters. The fourth-order valence-electron chi connectivity index (χ4n) is 4.11. The number of benzene rings is 1. The highest BCUT2D eigenvalue weighted by Crippen LogP contribution is 2.58. The number of fused-ring (bicyclic) bond motifs is 1. The molecule has 1 aromatic carbocycles. The summed E-state index contributed by atoms with van der Waals surface area (Å²) in [6.45, 7) is 2.52. The van der Waals surface area contributed by atoms with Crippen molar-refractivity contribution in [1.82, 2.24) is 4.90 Å². The molecule has 3 aliphatic heterocycles. The van der Waals surface area contributed by atoms with Crippen LogP contribution in [-0.2, 0) is 20.9 Å². The normalized spacial score (nSPS) is 38.6. The molecule has 2 bridgehead atoms. The molecule has 3 aliphatic rings. The number of hydrogen-bond acceptors (Lipinski definition) is 3. The van der Waals surface area contributed by atoms with Gasteiger partial charge < -0.3 is 14.7 Å². The predicted octanol–water partition coefficient (Wildman–Crippen LogP) is 1.44. The number of nitrogens with zero attached hydrogens (tertiary/aromatic N) is 1. The Hall–Kier alpha value is -2.14. The van der Waals surface area contributed by atoms with E-state index in [0.717, 1.165) is 5.56 Å². The van der Waals surface area contributed by atoms with Gasteiger partial charge in [0.2, 0.25) is 5.91 Å². The lowest BCUT2D eigenvalue weighted by Crippen LogP contribution is -2.47. The third-order valence-corrected chi connectivity index (χ3v) is 5.25. The molecular weight excluding hydrogens is 282 g/mol. The van der Waals surface area contributed by atoms with Gasteiger partial charge in [-0.3, -0.25) is 9.59 Å². The summed E-state index contributed by atoms with van der Waals surface area (Å²) in [6.07, 6.45) is 3.16. The van der Waals surface area contributed by atoms with Crippen molar-refractivity contribution in [3.8, 4) is 0 Å². The van der Waals surface area contributed by atoms with E-state index in [4.69, 9.17) is 4.74 Å². The van der Waals surface area contributed by atoms with Crippen molar-refractivity contribution in [3.05, 3.63) is 48.0 Å². The van der Waals surface area contributed by atoms with Crippen LogP contribution in [0.15, 0.2) is 42.5 Å². The zero-order valence-corrected chi connectivity index (χ0v) is 12.2. The molecule has 3 heterocycles. The van der Waals surface area contributed by atoms with Crippen LogP contribution in [-0.4, -0.2) is 40.1 Å². The van der Waals surface area contributed by atoms with Gasteiger partial charge in [0.15, 0.2) is 0 Å². The first-order chi connectivity index (χ1) is 10.5. The van der Waals surface area contributed by atoms with E-state index in [1.807, 2.05) is 36.4 Å². The number of carbonyl (C=O) groups excluding carboxylic acids is 1. The Morgan fingerprint density at radius 2 is 2.14 bits per heavy atom. The largest absolute Gasteiger partial charge is 0.481 e. The molecule has 1 spiro atoms. The van der Waals surface area contributed by atoms with Crippen LogP contribution in [0, 0.1) is 11.3 Å². The van der Waals surface area contributed by atoms with Gasteiger partial charge in [-0.15, -0.1) is 0 Å². The molecule has 4 atom stereocenters. The Kier molecular flexibility index (Phi) is 2.58. The SMILES string of the molecule is CC1(C(=O)O)C2C=CC3(CN(Cc4ccccc4)C(=O)C31)O2. The number of hydrogen-bond donors (Lipinski definition) is 1. The Labute approximate surface area is 128 Å². The number of carboxylic acids is 1. The highest BCUT2D eigenvalue weighted by Gasteiger charge is 2.72. The maximum absolute atomic E-state index is 12.8. The van der Waals surface area contributed by atoms with Crippen LogP contribution < -0.4 is 0 Å². The summed E-state index contributed by atoms with van der Waals surface area (Å²) in [7, 11) is 0. The molecule has 5 nitrogen and oxygen atoms in total.